The SMILES string of the molecule is CCCCC1CCC(C(O)c2c(F)ccc(Br)c2F)CC1. The van der Waals surface area contributed by atoms with Crippen molar-refractivity contribution in [1.29, 1.82) is 0 Å². The summed E-state index contributed by atoms with van der Waals surface area (Å²) in [4.78, 5) is 0. The normalized spacial score (nSPS) is 24.0. The summed E-state index contributed by atoms with van der Waals surface area (Å²) in [5, 5.41) is 10.4. The number of hydrogen-bond donors (Lipinski definition) is 1. The summed E-state index contributed by atoms with van der Waals surface area (Å²) in [6.07, 6.45) is 6.44. The topological polar surface area (TPSA) is 20.2 Å². The van der Waals surface area contributed by atoms with Gasteiger partial charge < -0.3 is 5.11 Å². The number of unbranched alkanes of at least 4 members (excludes halogenated alkanes) is 1. The molecule has 1 saturated carbocycles. The van der Waals surface area contributed by atoms with Crippen LogP contribution in [0.25, 0.3) is 0 Å². The maximum absolute atomic E-state index is 14.1. The summed E-state index contributed by atoms with van der Waals surface area (Å²) in [5.74, 6) is -0.654. The van der Waals surface area contributed by atoms with Crippen LogP contribution in [-0.2, 0) is 0 Å². The van der Waals surface area contributed by atoms with Gasteiger partial charge in [0, 0.05) is 0 Å². The van der Waals surface area contributed by atoms with Crippen molar-refractivity contribution in [2.45, 2.75) is 58.0 Å². The van der Waals surface area contributed by atoms with Crippen molar-refractivity contribution in [2.75, 3.05) is 0 Å². The summed E-state index contributed by atoms with van der Waals surface area (Å²) in [7, 11) is 0. The molecule has 21 heavy (non-hydrogen) atoms. The predicted octanol–water partition coefficient (Wildman–Crippen LogP) is 5.76. The highest BCUT2D eigenvalue weighted by Gasteiger charge is 2.31. The maximum atomic E-state index is 14.1. The zero-order valence-electron chi connectivity index (χ0n) is 12.4. The second kappa shape index (κ2) is 7.68. The number of rotatable bonds is 5. The Bertz CT molecular complexity index is 470. The van der Waals surface area contributed by atoms with Crippen molar-refractivity contribution in [1.82, 2.24) is 0 Å². The molecule has 1 N–H and O–H groups in total. The lowest BCUT2D eigenvalue weighted by Gasteiger charge is -2.32. The molecule has 1 atom stereocenters. The van der Waals surface area contributed by atoms with Crippen molar-refractivity contribution in [2.24, 2.45) is 11.8 Å². The first-order chi connectivity index (χ1) is 10.0. The molecule has 1 unspecified atom stereocenters. The van der Waals surface area contributed by atoms with E-state index >= 15 is 0 Å². The Morgan fingerprint density at radius 3 is 2.52 bits per heavy atom. The zero-order valence-corrected chi connectivity index (χ0v) is 14.0. The summed E-state index contributed by atoms with van der Waals surface area (Å²) in [6, 6.07) is 2.54. The molecule has 2 rings (SSSR count). The molecule has 4 heteroatoms. The average molecular weight is 361 g/mol. The van der Waals surface area contributed by atoms with E-state index in [1.807, 2.05) is 0 Å². The highest BCUT2D eigenvalue weighted by atomic mass is 79.9. The van der Waals surface area contributed by atoms with Gasteiger partial charge in [-0.25, -0.2) is 8.78 Å². The Kier molecular flexibility index (Phi) is 6.18. The van der Waals surface area contributed by atoms with Crippen LogP contribution in [0.15, 0.2) is 16.6 Å². The maximum Gasteiger partial charge on any atom is 0.146 e. The van der Waals surface area contributed by atoms with Crippen LogP contribution in [0.3, 0.4) is 0 Å². The van der Waals surface area contributed by atoms with Gasteiger partial charge in [-0.2, -0.15) is 0 Å². The largest absolute Gasteiger partial charge is 0.388 e. The highest BCUT2D eigenvalue weighted by molar-refractivity contribution is 9.10. The molecule has 0 saturated heterocycles. The van der Waals surface area contributed by atoms with Crippen molar-refractivity contribution < 1.29 is 13.9 Å². The second-order valence-corrected chi connectivity index (χ2v) is 6.98. The van der Waals surface area contributed by atoms with E-state index in [4.69, 9.17) is 0 Å². The van der Waals surface area contributed by atoms with Gasteiger partial charge in [0.05, 0.1) is 16.1 Å². The Hall–Kier alpha value is -0.480. The third-order valence-electron chi connectivity index (χ3n) is 4.68. The Morgan fingerprint density at radius 2 is 1.90 bits per heavy atom. The van der Waals surface area contributed by atoms with Crippen molar-refractivity contribution in [3.63, 3.8) is 0 Å². The summed E-state index contributed by atoms with van der Waals surface area (Å²) >= 11 is 3.06. The minimum atomic E-state index is -1.05. The number of benzene rings is 1. The number of aliphatic hydroxyl groups excluding tert-OH is 1. The standard InChI is InChI=1S/C17H23BrF2O/c1-2-3-4-11-5-7-12(8-6-11)17(21)15-14(19)10-9-13(18)16(15)20/h9-12,17,21H,2-8H2,1H3. The smallest absolute Gasteiger partial charge is 0.146 e. The van der Waals surface area contributed by atoms with Crippen LogP contribution in [0.4, 0.5) is 8.78 Å². The Balaban J connectivity index is 2.02. The fraction of sp³-hybridized carbons (Fsp3) is 0.647. The van der Waals surface area contributed by atoms with Crippen LogP contribution >= 0.6 is 15.9 Å². The van der Waals surface area contributed by atoms with Gasteiger partial charge in [-0.15, -0.1) is 0 Å². The third-order valence-corrected chi connectivity index (χ3v) is 5.29. The van der Waals surface area contributed by atoms with Crippen molar-refractivity contribution >= 4 is 15.9 Å². The quantitative estimate of drug-likeness (QED) is 0.662. The minimum absolute atomic E-state index is 0.0406. The van der Waals surface area contributed by atoms with Gasteiger partial charge in [-0.1, -0.05) is 39.0 Å². The predicted molar refractivity (Wildman–Crippen MR) is 84.0 cm³/mol. The van der Waals surface area contributed by atoms with Crippen LogP contribution in [0.1, 0.15) is 63.5 Å². The Labute approximate surface area is 133 Å². The average Bonchev–Trinajstić information content (AvgIpc) is 2.49. The molecule has 118 valence electrons. The lowest BCUT2D eigenvalue weighted by molar-refractivity contribution is 0.0660. The molecule has 1 aliphatic rings. The second-order valence-electron chi connectivity index (χ2n) is 6.12. The molecule has 0 bridgehead atoms. The summed E-state index contributed by atoms with van der Waals surface area (Å²) in [6.45, 7) is 2.19. The molecule has 0 aliphatic heterocycles. The van der Waals surface area contributed by atoms with Crippen LogP contribution in [0.5, 0.6) is 0 Å². The van der Waals surface area contributed by atoms with Gasteiger partial charge in [0.1, 0.15) is 11.6 Å². The molecule has 1 aromatic carbocycles. The molecule has 1 nitrogen and oxygen atoms in total. The third kappa shape index (κ3) is 4.04. The van der Waals surface area contributed by atoms with E-state index < -0.39 is 17.7 Å². The molecular weight excluding hydrogens is 338 g/mol. The van der Waals surface area contributed by atoms with Crippen molar-refractivity contribution in [3.05, 3.63) is 33.8 Å². The lowest BCUT2D eigenvalue weighted by atomic mass is 9.76. The van der Waals surface area contributed by atoms with Gasteiger partial charge in [0.15, 0.2) is 0 Å². The molecule has 1 fully saturated rings. The van der Waals surface area contributed by atoms with E-state index in [1.54, 1.807) is 0 Å². The van der Waals surface area contributed by atoms with E-state index in [0.29, 0.717) is 5.92 Å². The van der Waals surface area contributed by atoms with E-state index in [0.717, 1.165) is 25.7 Å². The molecule has 0 spiro atoms. The monoisotopic (exact) mass is 360 g/mol. The minimum Gasteiger partial charge on any atom is -0.388 e. The van der Waals surface area contributed by atoms with Gasteiger partial charge in [0.25, 0.3) is 0 Å². The number of halogens is 3. The van der Waals surface area contributed by atoms with Crippen LogP contribution in [0.2, 0.25) is 0 Å². The molecule has 0 aromatic heterocycles. The zero-order chi connectivity index (χ0) is 15.4. The van der Waals surface area contributed by atoms with Crippen LogP contribution in [-0.4, -0.2) is 5.11 Å². The van der Waals surface area contributed by atoms with E-state index in [1.165, 1.54) is 31.4 Å². The first-order valence-corrected chi connectivity index (χ1v) is 8.65. The molecule has 0 heterocycles. The van der Waals surface area contributed by atoms with Crippen molar-refractivity contribution in [3.8, 4) is 0 Å². The van der Waals surface area contributed by atoms with Gasteiger partial charge >= 0.3 is 0 Å². The van der Waals surface area contributed by atoms with E-state index in [-0.39, 0.29) is 16.0 Å². The first-order valence-electron chi connectivity index (χ1n) is 7.86. The fourth-order valence-electron chi connectivity index (χ4n) is 3.34. The summed E-state index contributed by atoms with van der Waals surface area (Å²) in [5.41, 5.74) is -0.179. The Morgan fingerprint density at radius 1 is 1.24 bits per heavy atom. The van der Waals surface area contributed by atoms with E-state index in [2.05, 4.69) is 22.9 Å². The lowest BCUT2D eigenvalue weighted by Crippen LogP contribution is -2.22. The molecular formula is C17H23BrF2O. The van der Waals surface area contributed by atoms with Crippen LogP contribution < -0.4 is 0 Å². The molecule has 0 radical (unpaired) electrons. The molecule has 1 aliphatic carbocycles. The number of hydrogen-bond acceptors (Lipinski definition) is 1. The van der Waals surface area contributed by atoms with Gasteiger partial charge in [-0.3, -0.25) is 0 Å². The van der Waals surface area contributed by atoms with Crippen LogP contribution in [0, 0.1) is 23.5 Å². The van der Waals surface area contributed by atoms with Gasteiger partial charge in [0.2, 0.25) is 0 Å². The number of aliphatic hydroxyl groups is 1. The molecule has 1 aromatic rings. The molecule has 0 amide bonds. The van der Waals surface area contributed by atoms with Gasteiger partial charge in [-0.05, 0) is 52.7 Å². The first kappa shape index (κ1) is 16.9. The van der Waals surface area contributed by atoms with E-state index in [9.17, 15) is 13.9 Å². The summed E-state index contributed by atoms with van der Waals surface area (Å²) < 4.78 is 28.1. The highest BCUT2D eigenvalue weighted by Crippen LogP contribution is 2.40. The fourth-order valence-corrected chi connectivity index (χ4v) is 3.68.